The topological polar surface area (TPSA) is 53.5 Å². The molecule has 2 amide bonds. The molecular formula is C29H30F3N3O2S. The summed E-state index contributed by atoms with van der Waals surface area (Å²) in [6.45, 7) is 2.69. The average molecular weight is 542 g/mol. The monoisotopic (exact) mass is 541 g/mol. The number of hydrogen-bond donors (Lipinski definition) is 0. The Morgan fingerprint density at radius 1 is 0.816 bits per heavy atom. The highest BCUT2D eigenvalue weighted by molar-refractivity contribution is 7.09. The summed E-state index contributed by atoms with van der Waals surface area (Å²) in [5, 5.41) is 2.81. The number of thiazole rings is 1. The number of hydrogen-bond acceptors (Lipinski definition) is 4. The number of aromatic nitrogens is 1. The summed E-state index contributed by atoms with van der Waals surface area (Å²) in [5.41, 5.74) is 1.47. The summed E-state index contributed by atoms with van der Waals surface area (Å²) in [7, 11) is 0. The van der Waals surface area contributed by atoms with Crippen LogP contribution in [0.4, 0.5) is 13.2 Å². The molecule has 3 aromatic rings. The molecule has 3 heterocycles. The molecule has 0 atom stereocenters. The maximum absolute atomic E-state index is 13.4. The van der Waals surface area contributed by atoms with E-state index in [0.29, 0.717) is 35.5 Å². The van der Waals surface area contributed by atoms with E-state index in [4.69, 9.17) is 0 Å². The van der Waals surface area contributed by atoms with Gasteiger partial charge in [0.05, 0.1) is 10.6 Å². The van der Waals surface area contributed by atoms with Gasteiger partial charge in [-0.2, -0.15) is 13.2 Å². The first kappa shape index (κ1) is 26.4. The Morgan fingerprint density at radius 2 is 1.45 bits per heavy atom. The van der Waals surface area contributed by atoms with Gasteiger partial charge >= 0.3 is 6.18 Å². The normalized spacial score (nSPS) is 17.3. The number of amides is 2. The number of carbonyl (C=O) groups is 2. The van der Waals surface area contributed by atoms with Crippen LogP contribution in [0.5, 0.6) is 0 Å². The first-order chi connectivity index (χ1) is 18.3. The second-order valence-electron chi connectivity index (χ2n) is 9.96. The summed E-state index contributed by atoms with van der Waals surface area (Å²) in [6, 6.07) is 11.9. The number of alkyl halides is 3. The number of halogens is 3. The van der Waals surface area contributed by atoms with E-state index in [1.165, 1.54) is 23.5 Å². The van der Waals surface area contributed by atoms with Crippen LogP contribution < -0.4 is 0 Å². The zero-order valence-electron chi connectivity index (χ0n) is 21.0. The molecule has 0 radical (unpaired) electrons. The van der Waals surface area contributed by atoms with Crippen LogP contribution in [0.25, 0.3) is 11.1 Å². The summed E-state index contributed by atoms with van der Waals surface area (Å²) in [6.07, 6.45) is 1.50. The van der Waals surface area contributed by atoms with Gasteiger partial charge in [0, 0.05) is 43.0 Å². The minimum Gasteiger partial charge on any atom is -0.339 e. The van der Waals surface area contributed by atoms with Crippen molar-refractivity contribution in [1.82, 2.24) is 14.8 Å². The fraction of sp³-hybridized carbons (Fsp3) is 0.414. The summed E-state index contributed by atoms with van der Waals surface area (Å²) < 4.78 is 39.0. The number of rotatable bonds is 4. The lowest BCUT2D eigenvalue weighted by molar-refractivity contribution is -0.137. The average Bonchev–Trinajstić information content (AvgIpc) is 3.27. The van der Waals surface area contributed by atoms with E-state index >= 15 is 0 Å². The van der Waals surface area contributed by atoms with E-state index in [0.717, 1.165) is 68.8 Å². The van der Waals surface area contributed by atoms with Gasteiger partial charge in [-0.25, -0.2) is 4.98 Å². The smallest absolute Gasteiger partial charge is 0.339 e. The van der Waals surface area contributed by atoms with Crippen LogP contribution in [0.15, 0.2) is 53.9 Å². The van der Waals surface area contributed by atoms with Crippen LogP contribution >= 0.6 is 11.3 Å². The fourth-order valence-electron chi connectivity index (χ4n) is 5.27. The van der Waals surface area contributed by atoms with E-state index in [1.807, 2.05) is 10.3 Å². The Morgan fingerprint density at radius 3 is 2.11 bits per heavy atom. The molecule has 2 fully saturated rings. The molecule has 5 rings (SSSR count). The molecule has 0 aliphatic carbocycles. The van der Waals surface area contributed by atoms with Crippen molar-refractivity contribution in [3.8, 4) is 11.1 Å². The van der Waals surface area contributed by atoms with Gasteiger partial charge in [-0.05, 0) is 55.0 Å². The second kappa shape index (κ2) is 11.3. The lowest BCUT2D eigenvalue weighted by Crippen LogP contribution is -2.38. The molecule has 0 spiro atoms. The van der Waals surface area contributed by atoms with Crippen molar-refractivity contribution in [3.63, 3.8) is 0 Å². The molecule has 0 bridgehead atoms. The SMILES string of the molecule is O=C(c1csc(C2CCN(C(=O)c3ccccc3-c3ccc(C(F)(F)F)cc3)CC2)n1)N1CCCCCC1. The first-order valence-electron chi connectivity index (χ1n) is 13.1. The molecule has 0 saturated carbocycles. The van der Waals surface area contributed by atoms with E-state index in [2.05, 4.69) is 4.98 Å². The molecule has 1 aromatic heterocycles. The maximum atomic E-state index is 13.4. The lowest BCUT2D eigenvalue weighted by atomic mass is 9.94. The van der Waals surface area contributed by atoms with Crippen molar-refractivity contribution >= 4 is 23.2 Å². The van der Waals surface area contributed by atoms with Gasteiger partial charge in [-0.1, -0.05) is 43.2 Å². The van der Waals surface area contributed by atoms with E-state index in [-0.39, 0.29) is 17.7 Å². The van der Waals surface area contributed by atoms with Crippen molar-refractivity contribution in [1.29, 1.82) is 0 Å². The molecule has 0 N–H and O–H groups in total. The molecular weight excluding hydrogens is 511 g/mol. The quantitative estimate of drug-likeness (QED) is 0.362. The highest BCUT2D eigenvalue weighted by atomic mass is 32.1. The van der Waals surface area contributed by atoms with Crippen molar-refractivity contribution in [3.05, 3.63) is 75.7 Å². The third kappa shape index (κ3) is 5.77. The molecule has 9 heteroatoms. The molecule has 2 saturated heterocycles. The number of piperidine rings is 1. The largest absolute Gasteiger partial charge is 0.416 e. The predicted octanol–water partition coefficient (Wildman–Crippen LogP) is 6.86. The van der Waals surface area contributed by atoms with E-state index in [1.54, 1.807) is 29.2 Å². The first-order valence-corrected chi connectivity index (χ1v) is 14.0. The Kier molecular flexibility index (Phi) is 7.83. The van der Waals surface area contributed by atoms with Gasteiger partial charge in [-0.3, -0.25) is 9.59 Å². The van der Waals surface area contributed by atoms with Crippen LogP contribution in [0.2, 0.25) is 0 Å². The highest BCUT2D eigenvalue weighted by Gasteiger charge is 2.31. The Labute approximate surface area is 224 Å². The predicted molar refractivity (Wildman–Crippen MR) is 141 cm³/mol. The van der Waals surface area contributed by atoms with Crippen molar-refractivity contribution in [2.75, 3.05) is 26.2 Å². The van der Waals surface area contributed by atoms with Crippen LogP contribution in [0.3, 0.4) is 0 Å². The van der Waals surface area contributed by atoms with Crippen LogP contribution in [0, 0.1) is 0 Å². The molecule has 2 aliphatic rings. The number of nitrogens with zero attached hydrogens (tertiary/aromatic N) is 3. The third-order valence-electron chi connectivity index (χ3n) is 7.45. The lowest BCUT2D eigenvalue weighted by Gasteiger charge is -2.31. The van der Waals surface area contributed by atoms with E-state index < -0.39 is 11.7 Å². The Bertz CT molecular complexity index is 1270. The molecule has 38 heavy (non-hydrogen) atoms. The van der Waals surface area contributed by atoms with Gasteiger partial charge in [0.15, 0.2) is 0 Å². The Hall–Kier alpha value is -3.20. The standard InChI is InChI=1S/C29H30F3N3O2S/c30-29(31,32)22-11-9-20(10-12-22)23-7-3-4-8-24(23)27(36)35-17-13-21(14-18-35)26-33-25(19-38-26)28(37)34-15-5-1-2-6-16-34/h3-4,7-12,19,21H,1-2,5-6,13-18H2. The minimum atomic E-state index is -4.41. The zero-order valence-corrected chi connectivity index (χ0v) is 21.9. The number of benzene rings is 2. The van der Waals surface area contributed by atoms with Gasteiger partial charge < -0.3 is 9.80 Å². The summed E-state index contributed by atoms with van der Waals surface area (Å²) >= 11 is 1.52. The number of likely N-dealkylation sites (tertiary alicyclic amines) is 2. The molecule has 200 valence electrons. The molecule has 2 aliphatic heterocycles. The van der Waals surface area contributed by atoms with Gasteiger partial charge in [0.1, 0.15) is 5.69 Å². The van der Waals surface area contributed by atoms with Crippen LogP contribution in [0.1, 0.15) is 75.9 Å². The minimum absolute atomic E-state index is 0.0156. The molecule has 5 nitrogen and oxygen atoms in total. The van der Waals surface area contributed by atoms with Crippen molar-refractivity contribution < 1.29 is 22.8 Å². The van der Waals surface area contributed by atoms with Crippen LogP contribution in [-0.4, -0.2) is 52.8 Å². The Balaban J connectivity index is 1.24. The van der Waals surface area contributed by atoms with E-state index in [9.17, 15) is 22.8 Å². The molecule has 2 aromatic carbocycles. The second-order valence-corrected chi connectivity index (χ2v) is 10.9. The number of carbonyl (C=O) groups excluding carboxylic acids is 2. The van der Waals surface area contributed by atoms with Gasteiger partial charge in [0.2, 0.25) is 0 Å². The van der Waals surface area contributed by atoms with Crippen LogP contribution in [-0.2, 0) is 6.18 Å². The zero-order chi connectivity index (χ0) is 26.7. The van der Waals surface area contributed by atoms with Gasteiger partial charge in [-0.15, -0.1) is 11.3 Å². The fourth-order valence-corrected chi connectivity index (χ4v) is 6.23. The molecule has 0 unspecified atom stereocenters. The third-order valence-corrected chi connectivity index (χ3v) is 8.45. The maximum Gasteiger partial charge on any atom is 0.416 e. The summed E-state index contributed by atoms with van der Waals surface area (Å²) in [5.74, 6) is 0.0805. The highest BCUT2D eigenvalue weighted by Crippen LogP contribution is 2.34. The van der Waals surface area contributed by atoms with Crippen molar-refractivity contribution in [2.24, 2.45) is 0 Å². The van der Waals surface area contributed by atoms with Gasteiger partial charge in [0.25, 0.3) is 11.8 Å². The van der Waals surface area contributed by atoms with Crippen molar-refractivity contribution in [2.45, 2.75) is 50.6 Å². The summed E-state index contributed by atoms with van der Waals surface area (Å²) in [4.78, 5) is 34.8.